The van der Waals surface area contributed by atoms with E-state index in [4.69, 9.17) is 16.3 Å². The molecule has 3 aromatic rings. The van der Waals surface area contributed by atoms with Crippen LogP contribution in [0.5, 0.6) is 0 Å². The number of carbonyl (C=O) groups excluding carboxylic acids is 2. The Balaban J connectivity index is 1.58. The summed E-state index contributed by atoms with van der Waals surface area (Å²) in [5, 5.41) is 0.426. The van der Waals surface area contributed by atoms with Crippen molar-refractivity contribution in [3.8, 4) is 0 Å². The van der Waals surface area contributed by atoms with Crippen molar-refractivity contribution in [1.29, 1.82) is 0 Å². The molecule has 7 nitrogen and oxygen atoms in total. The Bertz CT molecular complexity index is 1140. The van der Waals surface area contributed by atoms with E-state index in [9.17, 15) is 14.4 Å². The van der Waals surface area contributed by atoms with Crippen LogP contribution in [-0.4, -0.2) is 27.8 Å². The zero-order valence-electron chi connectivity index (χ0n) is 14.8. The third-order valence-corrected chi connectivity index (χ3v) is 4.75. The van der Waals surface area contributed by atoms with Crippen molar-refractivity contribution in [3.63, 3.8) is 0 Å². The van der Waals surface area contributed by atoms with Gasteiger partial charge in [0.25, 0.3) is 5.56 Å². The molecule has 0 unspecified atom stereocenters. The van der Waals surface area contributed by atoms with Crippen LogP contribution in [0.3, 0.4) is 0 Å². The maximum absolute atomic E-state index is 12.6. The van der Waals surface area contributed by atoms with Crippen molar-refractivity contribution in [2.75, 3.05) is 11.4 Å². The van der Waals surface area contributed by atoms with Gasteiger partial charge in [-0.25, -0.2) is 9.78 Å². The van der Waals surface area contributed by atoms with Gasteiger partial charge in [0, 0.05) is 30.3 Å². The van der Waals surface area contributed by atoms with Gasteiger partial charge in [0.1, 0.15) is 12.3 Å². The molecule has 1 aromatic carbocycles. The summed E-state index contributed by atoms with van der Waals surface area (Å²) in [4.78, 5) is 42.7. The Kier molecular flexibility index (Phi) is 4.83. The Labute approximate surface area is 165 Å². The van der Waals surface area contributed by atoms with Crippen LogP contribution in [0, 0.1) is 0 Å². The molecule has 0 spiro atoms. The number of anilines is 1. The molecule has 0 radical (unpaired) electrons. The molecule has 3 heterocycles. The number of pyridine rings is 1. The van der Waals surface area contributed by atoms with E-state index >= 15 is 0 Å². The summed E-state index contributed by atoms with van der Waals surface area (Å²) in [5.41, 5.74) is 1.24. The molecule has 0 aliphatic carbocycles. The van der Waals surface area contributed by atoms with Gasteiger partial charge in [-0.15, -0.1) is 0 Å². The van der Waals surface area contributed by atoms with E-state index in [1.54, 1.807) is 41.4 Å². The SMILES string of the molecule is O=C(OCc1cc(=O)n2ccccc2n1)c1ccc(Cl)cc1N1CCCC1=O. The van der Waals surface area contributed by atoms with Gasteiger partial charge in [-0.05, 0) is 36.8 Å². The van der Waals surface area contributed by atoms with E-state index in [0.29, 0.717) is 35.0 Å². The summed E-state index contributed by atoms with van der Waals surface area (Å²) in [6, 6.07) is 11.2. The summed E-state index contributed by atoms with van der Waals surface area (Å²) in [5.74, 6) is -0.665. The van der Waals surface area contributed by atoms with Gasteiger partial charge in [-0.1, -0.05) is 17.7 Å². The molecule has 142 valence electrons. The first-order valence-electron chi connectivity index (χ1n) is 8.77. The lowest BCUT2D eigenvalue weighted by molar-refractivity contribution is -0.117. The zero-order chi connectivity index (χ0) is 19.7. The minimum atomic E-state index is -0.610. The topological polar surface area (TPSA) is 81.0 Å². The average molecular weight is 398 g/mol. The Morgan fingerprint density at radius 3 is 2.82 bits per heavy atom. The number of benzene rings is 1. The van der Waals surface area contributed by atoms with Crippen molar-refractivity contribution in [2.45, 2.75) is 19.4 Å². The molecule has 1 aliphatic heterocycles. The fourth-order valence-electron chi connectivity index (χ4n) is 3.20. The molecule has 4 rings (SSSR count). The average Bonchev–Trinajstić information content (AvgIpc) is 3.12. The minimum Gasteiger partial charge on any atom is -0.456 e. The van der Waals surface area contributed by atoms with E-state index in [1.807, 2.05) is 0 Å². The lowest BCUT2D eigenvalue weighted by atomic mass is 10.1. The molecule has 1 fully saturated rings. The van der Waals surface area contributed by atoms with Crippen LogP contribution in [0.4, 0.5) is 5.69 Å². The molecule has 1 aliphatic rings. The number of fused-ring (bicyclic) bond motifs is 1. The number of nitrogens with zero attached hydrogens (tertiary/aromatic N) is 3. The monoisotopic (exact) mass is 397 g/mol. The quantitative estimate of drug-likeness (QED) is 0.632. The molecular formula is C20H16ClN3O4. The molecule has 8 heteroatoms. The van der Waals surface area contributed by atoms with Crippen LogP contribution < -0.4 is 10.5 Å². The van der Waals surface area contributed by atoms with Crippen molar-refractivity contribution in [2.24, 2.45) is 0 Å². The largest absolute Gasteiger partial charge is 0.456 e. The normalized spacial score (nSPS) is 13.9. The van der Waals surface area contributed by atoms with Crippen molar-refractivity contribution in [3.05, 3.63) is 75.3 Å². The number of rotatable bonds is 4. The number of hydrogen-bond acceptors (Lipinski definition) is 5. The number of aromatic nitrogens is 2. The fourth-order valence-corrected chi connectivity index (χ4v) is 3.36. The second-order valence-electron chi connectivity index (χ2n) is 6.40. The lowest BCUT2D eigenvalue weighted by Gasteiger charge is -2.19. The van der Waals surface area contributed by atoms with Gasteiger partial charge in [-0.2, -0.15) is 0 Å². The Morgan fingerprint density at radius 1 is 1.18 bits per heavy atom. The first kappa shape index (κ1) is 18.2. The van der Waals surface area contributed by atoms with Crippen LogP contribution >= 0.6 is 11.6 Å². The van der Waals surface area contributed by atoms with Crippen LogP contribution in [0.15, 0.2) is 53.5 Å². The van der Waals surface area contributed by atoms with Gasteiger partial charge < -0.3 is 9.64 Å². The maximum Gasteiger partial charge on any atom is 0.340 e. The molecule has 0 N–H and O–H groups in total. The molecule has 0 atom stereocenters. The first-order chi connectivity index (χ1) is 13.5. The molecule has 0 saturated carbocycles. The molecule has 0 bridgehead atoms. The Hall–Kier alpha value is -3.19. The maximum atomic E-state index is 12.6. The fraction of sp³-hybridized carbons (Fsp3) is 0.200. The third kappa shape index (κ3) is 3.48. The van der Waals surface area contributed by atoms with E-state index in [1.165, 1.54) is 16.5 Å². The summed E-state index contributed by atoms with van der Waals surface area (Å²) >= 11 is 6.06. The highest BCUT2D eigenvalue weighted by molar-refractivity contribution is 6.31. The van der Waals surface area contributed by atoms with E-state index in [-0.39, 0.29) is 23.6 Å². The Morgan fingerprint density at radius 2 is 2.04 bits per heavy atom. The molecular weight excluding hydrogens is 382 g/mol. The van der Waals surface area contributed by atoms with E-state index in [2.05, 4.69) is 4.98 Å². The van der Waals surface area contributed by atoms with Crippen molar-refractivity contribution < 1.29 is 14.3 Å². The van der Waals surface area contributed by atoms with Gasteiger partial charge in [0.05, 0.1) is 16.9 Å². The summed E-state index contributed by atoms with van der Waals surface area (Å²) in [7, 11) is 0. The number of esters is 1. The van der Waals surface area contributed by atoms with Crippen LogP contribution in [0.1, 0.15) is 28.9 Å². The second-order valence-corrected chi connectivity index (χ2v) is 6.84. The predicted molar refractivity (Wildman–Crippen MR) is 104 cm³/mol. The minimum absolute atomic E-state index is 0.0551. The summed E-state index contributed by atoms with van der Waals surface area (Å²) in [6.45, 7) is 0.373. The number of halogens is 1. The molecule has 1 amide bonds. The predicted octanol–water partition coefficient (Wildman–Crippen LogP) is 2.83. The van der Waals surface area contributed by atoms with Gasteiger partial charge in [-0.3, -0.25) is 14.0 Å². The van der Waals surface area contributed by atoms with Gasteiger partial charge in [0.2, 0.25) is 5.91 Å². The third-order valence-electron chi connectivity index (χ3n) is 4.52. The highest BCUT2D eigenvalue weighted by Crippen LogP contribution is 2.29. The van der Waals surface area contributed by atoms with Crippen LogP contribution in [-0.2, 0) is 16.1 Å². The smallest absolute Gasteiger partial charge is 0.340 e. The lowest BCUT2D eigenvalue weighted by Crippen LogP contribution is -2.26. The summed E-state index contributed by atoms with van der Waals surface area (Å²) < 4.78 is 6.77. The number of amides is 1. The standard InChI is InChI=1S/C20H16ClN3O4/c21-13-6-7-15(16(10-13)23-9-3-5-18(23)25)20(27)28-12-14-11-19(26)24-8-2-1-4-17(24)22-14/h1-2,4,6-8,10-11H,3,5,9,12H2. The number of hydrogen-bond donors (Lipinski definition) is 0. The first-order valence-corrected chi connectivity index (χ1v) is 9.15. The zero-order valence-corrected chi connectivity index (χ0v) is 15.6. The van der Waals surface area contributed by atoms with Gasteiger partial charge >= 0.3 is 5.97 Å². The molecule has 1 saturated heterocycles. The number of carbonyl (C=O) groups is 2. The van der Waals surface area contributed by atoms with Crippen molar-refractivity contribution in [1.82, 2.24) is 9.38 Å². The highest BCUT2D eigenvalue weighted by Gasteiger charge is 2.26. The molecule has 28 heavy (non-hydrogen) atoms. The van der Waals surface area contributed by atoms with Crippen LogP contribution in [0.2, 0.25) is 5.02 Å². The molecule has 2 aromatic heterocycles. The van der Waals surface area contributed by atoms with E-state index in [0.717, 1.165) is 6.42 Å². The van der Waals surface area contributed by atoms with Crippen LogP contribution in [0.25, 0.3) is 5.65 Å². The number of ether oxygens (including phenoxy) is 1. The highest BCUT2D eigenvalue weighted by atomic mass is 35.5. The second kappa shape index (κ2) is 7.44. The van der Waals surface area contributed by atoms with Gasteiger partial charge in [0.15, 0.2) is 0 Å². The van der Waals surface area contributed by atoms with Crippen molar-refractivity contribution >= 4 is 34.8 Å². The summed E-state index contributed by atoms with van der Waals surface area (Å²) in [6.07, 6.45) is 2.78. The van der Waals surface area contributed by atoms with E-state index < -0.39 is 5.97 Å².